The minimum absolute atomic E-state index is 0.0137. The van der Waals surface area contributed by atoms with E-state index in [1.807, 2.05) is 0 Å². The summed E-state index contributed by atoms with van der Waals surface area (Å²) in [6.45, 7) is 0. The van der Waals surface area contributed by atoms with Crippen LogP contribution in [0.1, 0.15) is 0 Å². The number of fused-ring (bicyclic) bond motifs is 3. The molecule has 4 unspecified atom stereocenters. The number of thioether (sulfide) groups is 1. The number of halogens is 3. The zero-order chi connectivity index (χ0) is 13.3. The van der Waals surface area contributed by atoms with Gasteiger partial charge in [0.05, 0.1) is 11.5 Å². The van der Waals surface area contributed by atoms with Gasteiger partial charge in [0.1, 0.15) is 12.6 Å². The Morgan fingerprint density at radius 1 is 1.56 bits per heavy atom. The Bertz CT molecular complexity index is 502. The van der Waals surface area contributed by atoms with E-state index in [-0.39, 0.29) is 10.2 Å². The summed E-state index contributed by atoms with van der Waals surface area (Å²) in [5.41, 5.74) is 4.68. The highest BCUT2D eigenvalue weighted by Gasteiger charge is 2.70. The van der Waals surface area contributed by atoms with E-state index in [9.17, 15) is 18.0 Å². The number of alkyl halides is 3. The first kappa shape index (κ1) is 12.1. The molecule has 0 spiro atoms. The van der Waals surface area contributed by atoms with Crippen molar-refractivity contribution in [3.8, 4) is 0 Å². The number of likely N-dealkylation sites (N-methyl/N-ethyl adjacent to an activating group) is 1. The fourth-order valence-electron chi connectivity index (χ4n) is 2.52. The second-order valence-corrected chi connectivity index (χ2v) is 5.62. The monoisotopic (exact) mass is 279 g/mol. The number of hydroxylamine groups is 3. The van der Waals surface area contributed by atoms with Gasteiger partial charge in [-0.25, -0.2) is 0 Å². The molecule has 3 rings (SSSR count). The zero-order valence-corrected chi connectivity index (χ0v) is 10.1. The predicted molar refractivity (Wildman–Crippen MR) is 57.3 cm³/mol. The molecule has 3 aliphatic heterocycles. The Balaban J connectivity index is 2.02. The van der Waals surface area contributed by atoms with Crippen molar-refractivity contribution in [2.75, 3.05) is 7.05 Å². The molecular weight excluding hydrogens is 269 g/mol. The molecule has 1 fully saturated rings. The van der Waals surface area contributed by atoms with Gasteiger partial charge in [0.2, 0.25) is 0 Å². The number of rotatable bonds is 1. The standard InChI is InChI=1S/C10H9F3N2O2S/c1-15-8(17-15)5(7(14)16)2-4-6(10(11,12)13)3-18-9(4)15/h2-4,8-9H,1H3,(H-,14,16)/p+1. The van der Waals surface area contributed by atoms with Crippen LogP contribution in [0.4, 0.5) is 13.2 Å². The highest BCUT2D eigenvalue weighted by molar-refractivity contribution is 8.02. The summed E-state index contributed by atoms with van der Waals surface area (Å²) in [6, 6.07) is 0. The molecule has 3 heterocycles. The molecule has 0 aliphatic carbocycles. The van der Waals surface area contributed by atoms with Crippen LogP contribution in [0, 0.1) is 5.92 Å². The lowest BCUT2D eigenvalue weighted by atomic mass is 9.92. The molecule has 1 saturated heterocycles. The summed E-state index contributed by atoms with van der Waals surface area (Å²) in [4.78, 5) is 16.6. The number of quaternary nitrogens is 1. The van der Waals surface area contributed by atoms with Crippen molar-refractivity contribution in [1.29, 1.82) is 0 Å². The van der Waals surface area contributed by atoms with Gasteiger partial charge in [-0.3, -0.25) is 4.79 Å². The number of hydrogen-bond acceptors (Lipinski definition) is 3. The molecule has 8 heteroatoms. The van der Waals surface area contributed by atoms with Crippen LogP contribution in [0.2, 0.25) is 0 Å². The Labute approximate surface area is 105 Å². The van der Waals surface area contributed by atoms with Gasteiger partial charge < -0.3 is 5.73 Å². The quantitative estimate of drug-likeness (QED) is 0.581. The first-order valence-corrected chi connectivity index (χ1v) is 6.18. The molecule has 0 saturated carbocycles. The van der Waals surface area contributed by atoms with E-state index in [2.05, 4.69) is 0 Å². The van der Waals surface area contributed by atoms with Crippen LogP contribution in [0.25, 0.3) is 0 Å². The number of carbonyl (C=O) groups excluding carboxylic acids is 1. The Hall–Kier alpha value is -0.990. The highest BCUT2D eigenvalue weighted by Crippen LogP contribution is 2.57. The number of hydrogen-bond donors (Lipinski definition) is 1. The fourth-order valence-corrected chi connectivity index (χ4v) is 3.89. The van der Waals surface area contributed by atoms with E-state index in [1.165, 1.54) is 6.08 Å². The maximum absolute atomic E-state index is 12.9. The third-order valence-electron chi connectivity index (χ3n) is 3.49. The van der Waals surface area contributed by atoms with Gasteiger partial charge in [0.25, 0.3) is 5.91 Å². The van der Waals surface area contributed by atoms with E-state index in [0.717, 1.165) is 17.2 Å². The molecule has 0 aromatic carbocycles. The summed E-state index contributed by atoms with van der Waals surface area (Å²) >= 11 is 1.09. The van der Waals surface area contributed by atoms with Gasteiger partial charge >= 0.3 is 12.4 Å². The Morgan fingerprint density at radius 3 is 2.78 bits per heavy atom. The maximum atomic E-state index is 12.9. The summed E-state index contributed by atoms with van der Waals surface area (Å²) < 4.78 is 38.5. The normalized spacial score (nSPS) is 41.7. The third-order valence-corrected chi connectivity index (χ3v) is 4.87. The lowest BCUT2D eigenvalue weighted by molar-refractivity contribution is -0.914. The molecule has 0 bridgehead atoms. The molecule has 98 valence electrons. The second kappa shape index (κ2) is 3.31. The molecule has 4 atom stereocenters. The molecule has 0 aromatic heterocycles. The van der Waals surface area contributed by atoms with Gasteiger partial charge in [0.15, 0.2) is 5.37 Å². The first-order valence-electron chi connectivity index (χ1n) is 5.23. The molecule has 3 aliphatic rings. The summed E-state index contributed by atoms with van der Waals surface area (Å²) in [7, 11) is 1.67. The molecule has 0 radical (unpaired) electrons. The van der Waals surface area contributed by atoms with E-state index < -0.39 is 35.2 Å². The third kappa shape index (κ3) is 1.45. The number of carbonyl (C=O) groups is 1. The van der Waals surface area contributed by atoms with Crippen LogP contribution in [0.3, 0.4) is 0 Å². The number of nitrogens with zero attached hydrogens (tertiary/aromatic N) is 1. The number of primary amides is 1. The molecular formula is C10H10F3N2O2S+. The largest absolute Gasteiger partial charge is 0.414 e. The van der Waals surface area contributed by atoms with E-state index >= 15 is 0 Å². The van der Waals surface area contributed by atoms with Crippen LogP contribution in [0.5, 0.6) is 0 Å². The maximum Gasteiger partial charge on any atom is 0.414 e. The van der Waals surface area contributed by atoms with Gasteiger partial charge in [-0.1, -0.05) is 17.8 Å². The fraction of sp³-hybridized carbons (Fsp3) is 0.500. The van der Waals surface area contributed by atoms with Crippen molar-refractivity contribution in [3.05, 3.63) is 22.6 Å². The first-order chi connectivity index (χ1) is 8.25. The lowest BCUT2D eigenvalue weighted by Crippen LogP contribution is -2.44. The minimum atomic E-state index is -4.40. The molecule has 4 nitrogen and oxygen atoms in total. The van der Waals surface area contributed by atoms with Crippen molar-refractivity contribution in [2.24, 2.45) is 11.7 Å². The van der Waals surface area contributed by atoms with Crippen LogP contribution < -0.4 is 5.73 Å². The summed E-state index contributed by atoms with van der Waals surface area (Å²) in [6.07, 6.45) is -3.60. The second-order valence-electron chi connectivity index (χ2n) is 4.63. The average molecular weight is 279 g/mol. The predicted octanol–water partition coefficient (Wildman–Crippen LogP) is 1.26. The molecule has 18 heavy (non-hydrogen) atoms. The van der Waals surface area contributed by atoms with Gasteiger partial charge in [-0.05, 0) is 5.41 Å². The summed E-state index contributed by atoms with van der Waals surface area (Å²) in [5.74, 6) is -1.60. The van der Waals surface area contributed by atoms with E-state index in [1.54, 1.807) is 7.05 Å². The van der Waals surface area contributed by atoms with Gasteiger partial charge in [-0.15, -0.1) is 9.48 Å². The SMILES string of the molecule is C[N+]12OC1C(C(N)=O)=CC1C(C(F)(F)F)=CSC12. The molecule has 1 amide bonds. The van der Waals surface area contributed by atoms with Crippen LogP contribution in [-0.2, 0) is 9.63 Å². The van der Waals surface area contributed by atoms with Crippen molar-refractivity contribution < 1.29 is 27.4 Å². The van der Waals surface area contributed by atoms with Gasteiger partial charge in [0, 0.05) is 0 Å². The smallest absolute Gasteiger partial charge is 0.366 e. The topological polar surface area (TPSA) is 55.6 Å². The molecule has 0 aromatic rings. The number of amides is 1. The summed E-state index contributed by atoms with van der Waals surface area (Å²) in [5, 5.41) is 0.715. The van der Waals surface area contributed by atoms with E-state index in [4.69, 9.17) is 10.6 Å². The van der Waals surface area contributed by atoms with E-state index in [0.29, 0.717) is 0 Å². The van der Waals surface area contributed by atoms with Crippen LogP contribution in [-0.4, -0.2) is 35.4 Å². The van der Waals surface area contributed by atoms with Crippen molar-refractivity contribution >= 4 is 17.7 Å². The van der Waals surface area contributed by atoms with Crippen molar-refractivity contribution in [3.63, 3.8) is 0 Å². The van der Waals surface area contributed by atoms with Crippen LogP contribution >= 0.6 is 11.8 Å². The van der Waals surface area contributed by atoms with Gasteiger partial charge in [-0.2, -0.15) is 13.2 Å². The Kier molecular flexibility index (Phi) is 2.22. The average Bonchev–Trinajstić information content (AvgIpc) is 2.72. The van der Waals surface area contributed by atoms with Crippen molar-refractivity contribution in [2.45, 2.75) is 17.8 Å². The Morgan fingerprint density at radius 2 is 2.22 bits per heavy atom. The minimum Gasteiger partial charge on any atom is -0.366 e. The number of nitrogens with two attached hydrogens (primary N) is 1. The van der Waals surface area contributed by atoms with Crippen molar-refractivity contribution in [1.82, 2.24) is 0 Å². The molecule has 2 N–H and O–H groups in total. The van der Waals surface area contributed by atoms with Crippen LogP contribution in [0.15, 0.2) is 22.6 Å². The highest BCUT2D eigenvalue weighted by atomic mass is 32.2. The zero-order valence-electron chi connectivity index (χ0n) is 9.27. The lowest BCUT2D eigenvalue weighted by Gasteiger charge is -2.26.